The highest BCUT2D eigenvalue weighted by Gasteiger charge is 2.37. The van der Waals surface area contributed by atoms with Crippen molar-refractivity contribution in [1.29, 1.82) is 0 Å². The van der Waals surface area contributed by atoms with Crippen LogP contribution >= 0.6 is 11.8 Å². The maximum Gasteiger partial charge on any atom is 0.248 e. The molecule has 2 fully saturated rings. The van der Waals surface area contributed by atoms with Crippen molar-refractivity contribution >= 4 is 57.1 Å². The lowest BCUT2D eigenvalue weighted by Crippen LogP contribution is -2.55. The summed E-state index contributed by atoms with van der Waals surface area (Å²) in [5, 5.41) is 6.66. The standard InChI is InChI=1S/C27H36N6O6S.C6H4/c1-15(14-40-17(3)35)26(37)32-9-6-7-20(32)25(36)30-24-18-11-22(38-4)23(39-5)12-19(18)29-27(31-24)33-10-8-28-13-21(33)16(2)34;1-2-6-4-3-5(1)6/h11-12,15,20-21,28H,6-10,13-14H2,1-5H3,(H,29,30,31,36);1-4H. The smallest absolute Gasteiger partial charge is 0.248 e. The monoisotopic (exact) mass is 648 g/mol. The Kier molecular flexibility index (Phi) is 10.4. The van der Waals surface area contributed by atoms with Gasteiger partial charge in [-0.05, 0) is 37.0 Å². The molecule has 244 valence electrons. The summed E-state index contributed by atoms with van der Waals surface area (Å²) in [6, 6.07) is 10.8. The number of ketones is 1. The molecule has 6 rings (SSSR count). The molecule has 0 bridgehead atoms. The van der Waals surface area contributed by atoms with Gasteiger partial charge >= 0.3 is 0 Å². The number of thioether (sulfide) groups is 1. The maximum absolute atomic E-state index is 13.6. The number of ether oxygens (including phenoxy) is 2. The summed E-state index contributed by atoms with van der Waals surface area (Å²) in [5.41, 5.74) is 3.36. The third kappa shape index (κ3) is 7.10. The van der Waals surface area contributed by atoms with E-state index in [-0.39, 0.29) is 28.5 Å². The van der Waals surface area contributed by atoms with Gasteiger partial charge in [-0.25, -0.2) is 4.98 Å². The van der Waals surface area contributed by atoms with Gasteiger partial charge in [-0.2, -0.15) is 4.98 Å². The van der Waals surface area contributed by atoms with Crippen LogP contribution in [0.5, 0.6) is 11.5 Å². The Morgan fingerprint density at radius 2 is 1.67 bits per heavy atom. The van der Waals surface area contributed by atoms with E-state index in [1.807, 2.05) is 4.90 Å². The number of hydrogen-bond donors (Lipinski definition) is 2. The zero-order valence-corrected chi connectivity index (χ0v) is 27.6. The first-order valence-electron chi connectivity index (χ1n) is 15.4. The number of fused-ring (bicyclic) bond motifs is 2. The van der Waals surface area contributed by atoms with Crippen molar-refractivity contribution in [2.75, 3.05) is 56.4 Å². The van der Waals surface area contributed by atoms with Gasteiger partial charge in [0.1, 0.15) is 17.9 Å². The number of carbonyl (C=O) groups is 4. The van der Waals surface area contributed by atoms with Crippen LogP contribution in [0.4, 0.5) is 11.8 Å². The Balaban J connectivity index is 0.000000612. The van der Waals surface area contributed by atoms with Crippen molar-refractivity contribution < 1.29 is 28.7 Å². The van der Waals surface area contributed by atoms with Crippen molar-refractivity contribution in [3.05, 3.63) is 36.4 Å². The van der Waals surface area contributed by atoms with E-state index in [0.29, 0.717) is 73.1 Å². The van der Waals surface area contributed by atoms with Gasteiger partial charge in [0.25, 0.3) is 0 Å². The van der Waals surface area contributed by atoms with Gasteiger partial charge in [-0.15, -0.1) is 0 Å². The summed E-state index contributed by atoms with van der Waals surface area (Å²) in [7, 11) is 3.04. The Labute approximate surface area is 272 Å². The first kappa shape index (κ1) is 33.1. The van der Waals surface area contributed by atoms with E-state index in [1.54, 1.807) is 24.0 Å². The number of amides is 2. The summed E-state index contributed by atoms with van der Waals surface area (Å²) in [6.45, 7) is 6.86. The number of carbonyl (C=O) groups excluding carboxylic acids is 4. The first-order chi connectivity index (χ1) is 22.1. The number of piperazine rings is 1. The molecule has 2 amide bonds. The molecule has 2 saturated heterocycles. The molecule has 3 unspecified atom stereocenters. The van der Waals surface area contributed by atoms with E-state index in [2.05, 4.69) is 34.9 Å². The van der Waals surface area contributed by atoms with Crippen LogP contribution in [-0.4, -0.2) is 95.8 Å². The highest BCUT2D eigenvalue weighted by Crippen LogP contribution is 2.36. The lowest BCUT2D eigenvalue weighted by Gasteiger charge is -2.35. The summed E-state index contributed by atoms with van der Waals surface area (Å²) in [6.07, 6.45) is 1.21. The van der Waals surface area contributed by atoms with Gasteiger partial charge in [0.2, 0.25) is 17.8 Å². The number of likely N-dealkylation sites (tertiary alicyclic amines) is 1. The molecule has 2 N–H and O–H groups in total. The minimum atomic E-state index is -0.671. The lowest BCUT2D eigenvalue weighted by molar-refractivity contribution is -0.139. The van der Waals surface area contributed by atoms with E-state index in [9.17, 15) is 19.2 Å². The number of methoxy groups -OCH3 is 2. The first-order valence-corrected chi connectivity index (χ1v) is 16.4. The number of nitrogens with one attached hydrogen (secondary N) is 2. The predicted molar refractivity (Wildman–Crippen MR) is 178 cm³/mol. The second kappa shape index (κ2) is 14.5. The van der Waals surface area contributed by atoms with Crippen LogP contribution in [0.2, 0.25) is 0 Å². The van der Waals surface area contributed by atoms with Crippen molar-refractivity contribution in [2.45, 2.75) is 45.7 Å². The number of Topliss-reactive ketones (excluding diaryl/α,β-unsaturated/α-hetero) is 1. The van der Waals surface area contributed by atoms with Crippen LogP contribution in [0, 0.1) is 5.92 Å². The van der Waals surface area contributed by atoms with Crippen molar-refractivity contribution in [3.63, 3.8) is 0 Å². The average molecular weight is 649 g/mol. The third-order valence-electron chi connectivity index (χ3n) is 8.42. The summed E-state index contributed by atoms with van der Waals surface area (Å²) >= 11 is 1.10. The fourth-order valence-corrected chi connectivity index (χ4v) is 6.36. The molecule has 0 radical (unpaired) electrons. The van der Waals surface area contributed by atoms with Crippen molar-refractivity contribution in [2.24, 2.45) is 5.92 Å². The van der Waals surface area contributed by atoms with Gasteiger partial charge in [-0.1, -0.05) is 43.0 Å². The fraction of sp³-hybridized carbons (Fsp3) is 0.455. The van der Waals surface area contributed by atoms with E-state index in [0.717, 1.165) is 11.8 Å². The molecule has 0 spiro atoms. The summed E-state index contributed by atoms with van der Waals surface area (Å²) in [5.74, 6) is 0.899. The number of benzene rings is 2. The highest BCUT2D eigenvalue weighted by atomic mass is 32.2. The van der Waals surface area contributed by atoms with E-state index < -0.39 is 18.0 Å². The average Bonchev–Trinajstić information content (AvgIpc) is 3.54. The zero-order valence-electron chi connectivity index (χ0n) is 26.8. The normalized spacial score (nSPS) is 18.7. The summed E-state index contributed by atoms with van der Waals surface area (Å²) in [4.78, 5) is 63.5. The van der Waals surface area contributed by atoms with Crippen LogP contribution in [-0.2, 0) is 19.2 Å². The highest BCUT2D eigenvalue weighted by molar-refractivity contribution is 8.13. The predicted octanol–water partition coefficient (Wildman–Crippen LogP) is 3.53. The van der Waals surface area contributed by atoms with Crippen LogP contribution in [0.25, 0.3) is 22.0 Å². The van der Waals surface area contributed by atoms with Crippen LogP contribution in [0.15, 0.2) is 36.4 Å². The van der Waals surface area contributed by atoms with E-state index in [1.165, 1.54) is 39.2 Å². The molecule has 13 heteroatoms. The maximum atomic E-state index is 13.6. The second-order valence-corrected chi connectivity index (χ2v) is 12.8. The van der Waals surface area contributed by atoms with Gasteiger partial charge < -0.3 is 29.9 Å². The van der Waals surface area contributed by atoms with Gasteiger partial charge in [0, 0.05) is 56.2 Å². The van der Waals surface area contributed by atoms with Gasteiger partial charge in [0.15, 0.2) is 22.4 Å². The minimum Gasteiger partial charge on any atom is -0.493 e. The molecule has 12 nitrogen and oxygen atoms in total. The number of nitrogens with zero attached hydrogens (tertiary/aromatic N) is 4. The fourth-order valence-electron chi connectivity index (χ4n) is 5.74. The van der Waals surface area contributed by atoms with Gasteiger partial charge in [0.05, 0.1) is 19.7 Å². The van der Waals surface area contributed by atoms with Crippen LogP contribution in [0.3, 0.4) is 0 Å². The molecule has 46 heavy (non-hydrogen) atoms. The Morgan fingerprint density at radius 1 is 1.00 bits per heavy atom. The number of hydrogen-bond acceptors (Lipinski definition) is 11. The minimum absolute atomic E-state index is 0.0223. The molecule has 0 saturated carbocycles. The van der Waals surface area contributed by atoms with E-state index in [4.69, 9.17) is 19.4 Å². The van der Waals surface area contributed by atoms with Crippen molar-refractivity contribution in [1.82, 2.24) is 20.2 Å². The van der Waals surface area contributed by atoms with Crippen LogP contribution in [0.1, 0.15) is 33.6 Å². The zero-order chi connectivity index (χ0) is 33.0. The lowest BCUT2D eigenvalue weighted by atomic mass is 9.95. The number of aromatic nitrogens is 2. The molecule has 3 atom stereocenters. The molecular formula is C33H40N6O6S. The van der Waals surface area contributed by atoms with E-state index >= 15 is 0 Å². The number of anilines is 2. The third-order valence-corrected chi connectivity index (χ3v) is 9.49. The van der Waals surface area contributed by atoms with Crippen molar-refractivity contribution in [3.8, 4) is 22.6 Å². The Morgan fingerprint density at radius 3 is 2.26 bits per heavy atom. The molecular weight excluding hydrogens is 608 g/mol. The Hall–Kier alpha value is -4.23. The summed E-state index contributed by atoms with van der Waals surface area (Å²) < 4.78 is 10.9. The molecule has 2 aliphatic heterocycles. The van der Waals surface area contributed by atoms with Gasteiger partial charge in [-0.3, -0.25) is 19.2 Å². The SMILES string of the molecule is COc1cc2nc(N3CCNCC3C(C)=O)nc(NC(=O)C3CCCN3C(=O)C(C)CSC(C)=O)c2cc1OC.c1cc2ccc1-2. The Bertz CT molecular complexity index is 1610. The molecule has 2 aliphatic carbocycles. The molecule has 1 aromatic carbocycles. The molecule has 1 aromatic heterocycles. The van der Waals surface area contributed by atoms with Crippen LogP contribution < -0.4 is 25.0 Å². The number of rotatable bonds is 9. The second-order valence-electron chi connectivity index (χ2n) is 11.6. The largest absolute Gasteiger partial charge is 0.493 e. The molecule has 2 aromatic rings. The molecule has 4 aliphatic rings. The molecule has 3 heterocycles. The topological polar surface area (TPSA) is 143 Å². The quantitative estimate of drug-likeness (QED) is 0.275.